The van der Waals surface area contributed by atoms with Crippen molar-refractivity contribution in [3.63, 3.8) is 0 Å². The van der Waals surface area contributed by atoms with Gasteiger partial charge in [-0.05, 0) is 53.9 Å². The Morgan fingerprint density at radius 1 is 0.842 bits per heavy atom. The molecule has 0 saturated heterocycles. The Kier molecular flexibility index (Phi) is 3.80. The summed E-state index contributed by atoms with van der Waals surface area (Å²) < 4.78 is 0. The SMILES string of the molecule is CC(C)c1cc(N=Nc2ccc(N)cc2)ccc1N. The predicted molar refractivity (Wildman–Crippen MR) is 80.0 cm³/mol. The van der Waals surface area contributed by atoms with Crippen LogP contribution in [0.15, 0.2) is 52.7 Å². The van der Waals surface area contributed by atoms with Gasteiger partial charge in [-0.15, -0.1) is 0 Å². The summed E-state index contributed by atoms with van der Waals surface area (Å²) >= 11 is 0. The maximum absolute atomic E-state index is 5.93. The summed E-state index contributed by atoms with van der Waals surface area (Å²) in [4.78, 5) is 0. The highest BCUT2D eigenvalue weighted by Crippen LogP contribution is 2.27. The molecule has 0 fully saturated rings. The molecule has 4 heteroatoms. The molecule has 0 aliphatic rings. The molecule has 0 spiro atoms. The molecule has 0 heterocycles. The van der Waals surface area contributed by atoms with Crippen LogP contribution in [0.5, 0.6) is 0 Å². The molecule has 2 rings (SSSR count). The highest BCUT2D eigenvalue weighted by atomic mass is 15.1. The van der Waals surface area contributed by atoms with E-state index in [4.69, 9.17) is 11.5 Å². The molecule has 4 nitrogen and oxygen atoms in total. The first-order chi connectivity index (χ1) is 9.06. The number of rotatable bonds is 3. The predicted octanol–water partition coefficient (Wildman–Crippen LogP) is 4.39. The monoisotopic (exact) mass is 254 g/mol. The van der Waals surface area contributed by atoms with Gasteiger partial charge in [-0.2, -0.15) is 10.2 Å². The van der Waals surface area contributed by atoms with Crippen LogP contribution in [0.2, 0.25) is 0 Å². The van der Waals surface area contributed by atoms with Crippen LogP contribution in [0.1, 0.15) is 25.3 Å². The molecule has 19 heavy (non-hydrogen) atoms. The van der Waals surface area contributed by atoms with Gasteiger partial charge in [0.25, 0.3) is 0 Å². The van der Waals surface area contributed by atoms with Gasteiger partial charge in [0.05, 0.1) is 11.4 Å². The first kappa shape index (κ1) is 13.1. The van der Waals surface area contributed by atoms with Gasteiger partial charge < -0.3 is 11.5 Å². The van der Waals surface area contributed by atoms with Gasteiger partial charge >= 0.3 is 0 Å². The molecular weight excluding hydrogens is 236 g/mol. The minimum absolute atomic E-state index is 0.367. The Hall–Kier alpha value is -2.36. The molecule has 0 aliphatic heterocycles. The lowest BCUT2D eigenvalue weighted by Gasteiger charge is -2.09. The highest BCUT2D eigenvalue weighted by Gasteiger charge is 2.04. The van der Waals surface area contributed by atoms with E-state index in [0.29, 0.717) is 11.6 Å². The van der Waals surface area contributed by atoms with Crippen molar-refractivity contribution in [1.82, 2.24) is 0 Å². The second kappa shape index (κ2) is 5.52. The van der Waals surface area contributed by atoms with E-state index >= 15 is 0 Å². The highest BCUT2D eigenvalue weighted by molar-refractivity contribution is 5.56. The summed E-state index contributed by atoms with van der Waals surface area (Å²) in [5.41, 5.74) is 15.7. The molecule has 2 aromatic rings. The summed E-state index contributed by atoms with van der Waals surface area (Å²) in [6.07, 6.45) is 0. The number of hydrogen-bond donors (Lipinski definition) is 2. The number of nitrogens with two attached hydrogens (primary N) is 2. The summed E-state index contributed by atoms with van der Waals surface area (Å²) in [6.45, 7) is 4.21. The van der Waals surface area contributed by atoms with E-state index in [1.165, 1.54) is 0 Å². The van der Waals surface area contributed by atoms with Crippen LogP contribution in [0, 0.1) is 0 Å². The average Bonchev–Trinajstić information content (AvgIpc) is 2.39. The molecule has 0 saturated carbocycles. The van der Waals surface area contributed by atoms with Crippen LogP contribution in [-0.4, -0.2) is 0 Å². The van der Waals surface area contributed by atoms with Gasteiger partial charge in [0.2, 0.25) is 0 Å². The summed E-state index contributed by atoms with van der Waals surface area (Å²) in [6, 6.07) is 13.0. The van der Waals surface area contributed by atoms with Gasteiger partial charge in [-0.3, -0.25) is 0 Å². The Morgan fingerprint density at radius 2 is 1.42 bits per heavy atom. The van der Waals surface area contributed by atoms with Crippen LogP contribution >= 0.6 is 0 Å². The third-order valence-corrected chi connectivity index (χ3v) is 2.87. The molecule has 0 aliphatic carbocycles. The number of nitrogen functional groups attached to an aromatic ring is 2. The van der Waals surface area contributed by atoms with Gasteiger partial charge in [0.1, 0.15) is 0 Å². The number of hydrogen-bond acceptors (Lipinski definition) is 4. The van der Waals surface area contributed by atoms with Crippen molar-refractivity contribution >= 4 is 22.7 Å². The maximum atomic E-state index is 5.93. The standard InChI is InChI=1S/C15H18N4/c1-10(2)14-9-13(7-8-15(14)17)19-18-12-5-3-11(16)4-6-12/h3-10H,16-17H2,1-2H3. The maximum Gasteiger partial charge on any atom is 0.0861 e. The minimum atomic E-state index is 0.367. The summed E-state index contributed by atoms with van der Waals surface area (Å²) in [7, 11) is 0. The van der Waals surface area contributed by atoms with Gasteiger partial charge in [0, 0.05) is 11.4 Å². The fourth-order valence-electron chi connectivity index (χ4n) is 1.78. The molecule has 98 valence electrons. The average molecular weight is 254 g/mol. The number of anilines is 2. The number of nitrogens with zero attached hydrogens (tertiary/aromatic N) is 2. The molecule has 0 unspecified atom stereocenters. The van der Waals surface area contributed by atoms with Crippen LogP contribution in [0.25, 0.3) is 0 Å². The van der Waals surface area contributed by atoms with E-state index in [0.717, 1.165) is 22.6 Å². The molecule has 0 atom stereocenters. The van der Waals surface area contributed by atoms with Gasteiger partial charge in [0.15, 0.2) is 0 Å². The lowest BCUT2D eigenvalue weighted by molar-refractivity contribution is 0.869. The van der Waals surface area contributed by atoms with Crippen LogP contribution in [0.4, 0.5) is 22.7 Å². The third-order valence-electron chi connectivity index (χ3n) is 2.87. The van der Waals surface area contributed by atoms with Crippen LogP contribution < -0.4 is 11.5 Å². The lowest BCUT2D eigenvalue weighted by Crippen LogP contribution is -1.95. The summed E-state index contributed by atoms with van der Waals surface area (Å²) in [5, 5.41) is 8.40. The largest absolute Gasteiger partial charge is 0.399 e. The van der Waals surface area contributed by atoms with Crippen LogP contribution in [-0.2, 0) is 0 Å². The van der Waals surface area contributed by atoms with Crippen molar-refractivity contribution in [2.45, 2.75) is 19.8 Å². The van der Waals surface area contributed by atoms with Crippen LogP contribution in [0.3, 0.4) is 0 Å². The molecule has 0 aromatic heterocycles. The van der Waals surface area contributed by atoms with Crippen molar-refractivity contribution in [3.8, 4) is 0 Å². The first-order valence-corrected chi connectivity index (χ1v) is 6.23. The zero-order chi connectivity index (χ0) is 13.8. The fraction of sp³-hybridized carbons (Fsp3) is 0.200. The zero-order valence-electron chi connectivity index (χ0n) is 11.2. The smallest absolute Gasteiger partial charge is 0.0861 e. The van der Waals surface area contributed by atoms with Gasteiger partial charge in [-0.1, -0.05) is 13.8 Å². The topological polar surface area (TPSA) is 76.8 Å². The van der Waals surface area contributed by atoms with E-state index in [2.05, 4.69) is 24.1 Å². The Bertz CT molecular complexity index is 586. The molecule has 4 N–H and O–H groups in total. The van der Waals surface area contributed by atoms with Gasteiger partial charge in [-0.25, -0.2) is 0 Å². The Balaban J connectivity index is 2.23. The van der Waals surface area contributed by atoms with Crippen molar-refractivity contribution in [2.75, 3.05) is 11.5 Å². The second-order valence-electron chi connectivity index (χ2n) is 4.76. The number of benzene rings is 2. The first-order valence-electron chi connectivity index (χ1n) is 6.23. The lowest BCUT2D eigenvalue weighted by atomic mass is 10.0. The Labute approximate surface area is 113 Å². The van der Waals surface area contributed by atoms with E-state index in [-0.39, 0.29) is 0 Å². The molecular formula is C15H18N4. The van der Waals surface area contributed by atoms with E-state index in [1.54, 1.807) is 12.1 Å². The molecule has 2 aromatic carbocycles. The molecule has 0 radical (unpaired) electrons. The van der Waals surface area contributed by atoms with Crippen molar-refractivity contribution in [1.29, 1.82) is 0 Å². The molecule has 0 bridgehead atoms. The van der Waals surface area contributed by atoms with E-state index < -0.39 is 0 Å². The third kappa shape index (κ3) is 3.31. The molecule has 0 amide bonds. The zero-order valence-corrected chi connectivity index (χ0v) is 11.2. The van der Waals surface area contributed by atoms with E-state index in [1.807, 2.05) is 30.3 Å². The normalized spacial score (nSPS) is 11.3. The fourth-order valence-corrected chi connectivity index (χ4v) is 1.78. The quantitative estimate of drug-likeness (QED) is 0.629. The second-order valence-corrected chi connectivity index (χ2v) is 4.76. The minimum Gasteiger partial charge on any atom is -0.399 e. The Morgan fingerprint density at radius 3 is 2.05 bits per heavy atom. The van der Waals surface area contributed by atoms with Crippen molar-refractivity contribution in [3.05, 3.63) is 48.0 Å². The summed E-state index contributed by atoms with van der Waals surface area (Å²) in [5.74, 6) is 0.367. The van der Waals surface area contributed by atoms with E-state index in [9.17, 15) is 0 Å². The van der Waals surface area contributed by atoms with Crippen molar-refractivity contribution < 1.29 is 0 Å². The number of azo groups is 1. The van der Waals surface area contributed by atoms with Crippen molar-refractivity contribution in [2.24, 2.45) is 10.2 Å².